The first-order chi connectivity index (χ1) is 12.5. The number of aromatic nitrogens is 2. The van der Waals surface area contributed by atoms with Gasteiger partial charge >= 0.3 is 0 Å². The second kappa shape index (κ2) is 6.59. The molecule has 1 spiro atoms. The van der Waals surface area contributed by atoms with Crippen molar-refractivity contribution in [1.82, 2.24) is 14.9 Å². The average Bonchev–Trinajstić information content (AvgIpc) is 2.86. The van der Waals surface area contributed by atoms with E-state index >= 15 is 0 Å². The lowest BCUT2D eigenvalue weighted by atomic mass is 9.83. The first kappa shape index (κ1) is 17.4. The minimum atomic E-state index is -3.19. The molecule has 8 heteroatoms. The molecule has 2 aliphatic rings. The Balaban J connectivity index is 1.44. The van der Waals surface area contributed by atoms with Gasteiger partial charge < -0.3 is 4.74 Å². The molecule has 0 bridgehead atoms. The summed E-state index contributed by atoms with van der Waals surface area (Å²) >= 11 is 0. The predicted molar refractivity (Wildman–Crippen MR) is 93.8 cm³/mol. The van der Waals surface area contributed by atoms with Crippen LogP contribution in [-0.2, 0) is 16.4 Å². The van der Waals surface area contributed by atoms with Crippen LogP contribution in [-0.4, -0.2) is 53.5 Å². The van der Waals surface area contributed by atoms with Crippen molar-refractivity contribution in [3.05, 3.63) is 54.2 Å². The topological polar surface area (TPSA) is 72.4 Å². The van der Waals surface area contributed by atoms with Crippen molar-refractivity contribution < 1.29 is 17.5 Å². The lowest BCUT2D eigenvalue weighted by Crippen LogP contribution is -2.67. The number of ether oxygens (including phenoxy) is 1. The van der Waals surface area contributed by atoms with Crippen molar-refractivity contribution in [2.75, 3.05) is 25.4 Å². The molecule has 2 aromatic rings. The summed E-state index contributed by atoms with van der Waals surface area (Å²) in [7, 11) is -3.19. The molecule has 1 unspecified atom stereocenters. The summed E-state index contributed by atoms with van der Waals surface area (Å²) in [5.41, 5.74) is 1.11. The molecule has 1 atom stereocenters. The van der Waals surface area contributed by atoms with Crippen molar-refractivity contribution >= 4 is 9.84 Å². The molecule has 138 valence electrons. The van der Waals surface area contributed by atoms with Crippen molar-refractivity contribution in [3.63, 3.8) is 0 Å². The minimum Gasteiger partial charge on any atom is -0.475 e. The maximum atomic E-state index is 13.7. The summed E-state index contributed by atoms with van der Waals surface area (Å²) in [6.07, 6.45) is 5.46. The molecule has 4 rings (SSSR count). The highest BCUT2D eigenvalue weighted by Crippen LogP contribution is 2.45. The molecule has 2 fully saturated rings. The van der Waals surface area contributed by atoms with Gasteiger partial charge in [-0.2, -0.15) is 0 Å². The van der Waals surface area contributed by atoms with E-state index in [2.05, 4.69) is 14.9 Å². The summed E-state index contributed by atoms with van der Waals surface area (Å²) in [4.78, 5) is 9.99. The Labute approximate surface area is 151 Å². The molecule has 0 aromatic carbocycles. The van der Waals surface area contributed by atoms with Crippen LogP contribution < -0.4 is 4.74 Å². The van der Waals surface area contributed by atoms with Gasteiger partial charge in [0.1, 0.15) is 4.75 Å². The number of sulfone groups is 1. The van der Waals surface area contributed by atoms with E-state index in [0.717, 1.165) is 5.56 Å². The molecular weight excluding hydrogens is 357 g/mol. The summed E-state index contributed by atoms with van der Waals surface area (Å²) in [5, 5.41) is 0. The number of hydrogen-bond donors (Lipinski definition) is 0. The molecular formula is C18H20FN3O3S. The summed E-state index contributed by atoms with van der Waals surface area (Å²) in [5.74, 6) is -0.590. The third-order valence-electron chi connectivity index (χ3n) is 5.38. The largest absolute Gasteiger partial charge is 0.475 e. The van der Waals surface area contributed by atoms with Crippen molar-refractivity contribution in [2.45, 2.75) is 17.7 Å². The lowest BCUT2D eigenvalue weighted by molar-refractivity contribution is 0.0573. The molecule has 0 saturated carbocycles. The van der Waals surface area contributed by atoms with Gasteiger partial charge in [-0.3, -0.25) is 9.88 Å². The van der Waals surface area contributed by atoms with Crippen molar-refractivity contribution in [3.8, 4) is 5.88 Å². The fraction of sp³-hybridized carbons (Fsp3) is 0.444. The molecule has 0 N–H and O–H groups in total. The van der Waals surface area contributed by atoms with E-state index in [4.69, 9.17) is 4.74 Å². The van der Waals surface area contributed by atoms with Crippen LogP contribution in [0.5, 0.6) is 5.88 Å². The second-order valence-electron chi connectivity index (χ2n) is 6.97. The van der Waals surface area contributed by atoms with Gasteiger partial charge in [0, 0.05) is 44.1 Å². The molecule has 2 saturated heterocycles. The van der Waals surface area contributed by atoms with E-state index in [0.29, 0.717) is 26.1 Å². The highest BCUT2D eigenvalue weighted by Gasteiger charge is 2.61. The monoisotopic (exact) mass is 377 g/mol. The van der Waals surface area contributed by atoms with Crippen molar-refractivity contribution in [2.24, 2.45) is 5.92 Å². The Kier molecular flexibility index (Phi) is 4.40. The lowest BCUT2D eigenvalue weighted by Gasteiger charge is -2.50. The zero-order valence-corrected chi connectivity index (χ0v) is 15.0. The summed E-state index contributed by atoms with van der Waals surface area (Å²) in [6, 6.07) is 6.63. The molecule has 2 aromatic heterocycles. The molecule has 0 amide bonds. The SMILES string of the molecule is O=S1(=O)CCC(COc2ncccc2F)C12CN(Cc1ccncc1)C2. The quantitative estimate of drug-likeness (QED) is 0.790. The maximum Gasteiger partial charge on any atom is 0.250 e. The Morgan fingerprint density at radius 2 is 2.00 bits per heavy atom. The van der Waals surface area contributed by atoms with Gasteiger partial charge in [-0.15, -0.1) is 0 Å². The standard InChI is InChI=1S/C18H20FN3O3S/c19-16-2-1-6-21-17(16)25-11-15-5-9-26(23,24)18(15)12-22(13-18)10-14-3-7-20-8-4-14/h1-4,6-8,15H,5,9-13H2. The van der Waals surface area contributed by atoms with Gasteiger partial charge in [-0.05, 0) is 36.2 Å². The van der Waals surface area contributed by atoms with Gasteiger partial charge in [0.05, 0.1) is 12.4 Å². The number of likely N-dealkylation sites (tertiary alicyclic amines) is 1. The van der Waals surface area contributed by atoms with Gasteiger partial charge in [0.2, 0.25) is 5.88 Å². The number of nitrogens with zero attached hydrogens (tertiary/aromatic N) is 3. The van der Waals surface area contributed by atoms with Crippen LogP contribution in [0.15, 0.2) is 42.9 Å². The molecule has 26 heavy (non-hydrogen) atoms. The van der Waals surface area contributed by atoms with E-state index < -0.39 is 20.4 Å². The van der Waals surface area contributed by atoms with Crippen LogP contribution in [0.3, 0.4) is 0 Å². The molecule has 0 aliphatic carbocycles. The van der Waals surface area contributed by atoms with Crippen LogP contribution in [0.4, 0.5) is 4.39 Å². The van der Waals surface area contributed by atoms with E-state index in [1.807, 2.05) is 12.1 Å². The van der Waals surface area contributed by atoms with Gasteiger partial charge in [0.15, 0.2) is 15.7 Å². The van der Waals surface area contributed by atoms with Crippen LogP contribution in [0, 0.1) is 11.7 Å². The van der Waals surface area contributed by atoms with Crippen LogP contribution in [0.1, 0.15) is 12.0 Å². The van der Waals surface area contributed by atoms with Crippen molar-refractivity contribution in [1.29, 1.82) is 0 Å². The van der Waals surface area contributed by atoms with Gasteiger partial charge in [-0.25, -0.2) is 17.8 Å². The fourth-order valence-corrected chi connectivity index (χ4v) is 6.39. The number of hydrogen-bond acceptors (Lipinski definition) is 6. The summed E-state index contributed by atoms with van der Waals surface area (Å²) in [6.45, 7) is 1.82. The van der Waals surface area contributed by atoms with Crippen LogP contribution in [0.2, 0.25) is 0 Å². The van der Waals surface area contributed by atoms with Crippen LogP contribution in [0.25, 0.3) is 0 Å². The van der Waals surface area contributed by atoms with E-state index in [1.54, 1.807) is 12.4 Å². The second-order valence-corrected chi connectivity index (χ2v) is 9.42. The van der Waals surface area contributed by atoms with Gasteiger partial charge in [0.25, 0.3) is 0 Å². The molecule has 0 radical (unpaired) electrons. The Morgan fingerprint density at radius 1 is 1.23 bits per heavy atom. The molecule has 2 aliphatic heterocycles. The predicted octanol–water partition coefficient (Wildman–Crippen LogP) is 1.68. The first-order valence-corrected chi connectivity index (χ1v) is 10.2. The third kappa shape index (κ3) is 2.97. The zero-order valence-electron chi connectivity index (χ0n) is 14.2. The number of rotatable bonds is 5. The smallest absolute Gasteiger partial charge is 0.250 e. The first-order valence-electron chi connectivity index (χ1n) is 8.57. The van der Waals surface area contributed by atoms with Gasteiger partial charge in [-0.1, -0.05) is 0 Å². The Hall–Kier alpha value is -2.06. The molecule has 6 nitrogen and oxygen atoms in total. The maximum absolute atomic E-state index is 13.7. The third-order valence-corrected chi connectivity index (χ3v) is 7.99. The Bertz CT molecular complexity index is 886. The highest BCUT2D eigenvalue weighted by atomic mass is 32.2. The highest BCUT2D eigenvalue weighted by molar-refractivity contribution is 7.93. The van der Waals surface area contributed by atoms with E-state index in [-0.39, 0.29) is 24.2 Å². The average molecular weight is 377 g/mol. The minimum absolute atomic E-state index is 0.0695. The fourth-order valence-electron chi connectivity index (χ4n) is 3.93. The summed E-state index contributed by atoms with van der Waals surface area (Å²) < 4.78 is 43.8. The van der Waals surface area contributed by atoms with E-state index in [1.165, 1.54) is 18.3 Å². The normalized spacial score (nSPS) is 23.7. The van der Waals surface area contributed by atoms with E-state index in [9.17, 15) is 12.8 Å². The van der Waals surface area contributed by atoms with Crippen LogP contribution >= 0.6 is 0 Å². The number of halogens is 1. The molecule has 4 heterocycles. The Morgan fingerprint density at radius 3 is 2.73 bits per heavy atom. The zero-order chi connectivity index (χ0) is 18.2. The number of pyridine rings is 2.